The van der Waals surface area contributed by atoms with Crippen LogP contribution in [0.15, 0.2) is 16.8 Å². The van der Waals surface area contributed by atoms with Crippen LogP contribution in [0.5, 0.6) is 0 Å². The Morgan fingerprint density at radius 1 is 1.40 bits per heavy atom. The molecule has 0 radical (unpaired) electrons. The molecule has 4 rings (SSSR count). The normalized spacial score (nSPS) is 22.0. The fourth-order valence-electron chi connectivity index (χ4n) is 3.98. The molecule has 3 atom stereocenters. The molecule has 2 aromatic heterocycles. The molecule has 3 unspecified atom stereocenters. The lowest BCUT2D eigenvalue weighted by molar-refractivity contribution is -0.146. The highest BCUT2D eigenvalue weighted by Crippen LogP contribution is 2.27. The smallest absolute Gasteiger partial charge is 0.362 e. The molecule has 16 nitrogen and oxygen atoms in total. The third kappa shape index (κ3) is 5.61. The molecule has 18 heteroatoms. The van der Waals surface area contributed by atoms with Crippen LogP contribution in [0.2, 0.25) is 0 Å². The zero-order chi connectivity index (χ0) is 25.2. The highest BCUT2D eigenvalue weighted by Gasteiger charge is 2.54. The molecule has 0 aromatic carbocycles. The van der Waals surface area contributed by atoms with E-state index in [4.69, 9.17) is 5.73 Å². The van der Waals surface area contributed by atoms with Crippen molar-refractivity contribution in [1.82, 2.24) is 39.8 Å². The van der Waals surface area contributed by atoms with Crippen molar-refractivity contribution < 1.29 is 22.6 Å². The number of carbonyl (C=O) groups excluding carboxylic acids is 2. The lowest BCUT2D eigenvalue weighted by atomic mass is 9.98. The van der Waals surface area contributed by atoms with E-state index in [9.17, 15) is 27.5 Å². The van der Waals surface area contributed by atoms with E-state index in [0.29, 0.717) is 12.1 Å². The van der Waals surface area contributed by atoms with Crippen LogP contribution in [0.3, 0.4) is 0 Å². The molecule has 2 fully saturated rings. The third-order valence-corrected chi connectivity index (χ3v) is 7.38. The van der Waals surface area contributed by atoms with E-state index < -0.39 is 40.2 Å². The lowest BCUT2D eigenvalue weighted by Crippen LogP contribution is -2.73. The SMILES string of the molecule is Nc1nc(C(N=O)C(=O)NC2C(=O)N(S(=O)(=O)O)C2Cn2cc(CCN3CCNCC3)nn2)cs1. The number of hydrogen-bond donors (Lipinski definition) is 4. The number of nitrogen functional groups attached to an aromatic ring is 1. The van der Waals surface area contributed by atoms with Crippen LogP contribution in [0.1, 0.15) is 17.4 Å². The second-order valence-electron chi connectivity index (χ2n) is 8.06. The fraction of sp³-hybridized carbons (Fsp3) is 0.588. The zero-order valence-corrected chi connectivity index (χ0v) is 20.0. The number of rotatable bonds is 10. The predicted octanol–water partition coefficient (Wildman–Crippen LogP) is -2.23. The van der Waals surface area contributed by atoms with Crippen LogP contribution in [0, 0.1) is 4.91 Å². The highest BCUT2D eigenvalue weighted by atomic mass is 32.2. The summed E-state index contributed by atoms with van der Waals surface area (Å²) in [6.45, 7) is 4.27. The second kappa shape index (κ2) is 10.3. The Morgan fingerprint density at radius 2 is 2.14 bits per heavy atom. The Hall–Kier alpha value is -3.06. The fourth-order valence-corrected chi connectivity index (χ4v) is 5.43. The molecule has 190 valence electrons. The summed E-state index contributed by atoms with van der Waals surface area (Å²) in [4.78, 5) is 42.5. The molecule has 0 saturated carbocycles. The summed E-state index contributed by atoms with van der Waals surface area (Å²) >= 11 is 1.00. The molecule has 0 aliphatic carbocycles. The van der Waals surface area contributed by atoms with Gasteiger partial charge in [-0.1, -0.05) is 5.21 Å². The van der Waals surface area contributed by atoms with E-state index in [1.54, 1.807) is 6.20 Å². The first-order valence-corrected chi connectivity index (χ1v) is 12.9. The number of amides is 2. The van der Waals surface area contributed by atoms with Crippen molar-refractivity contribution in [1.29, 1.82) is 0 Å². The Morgan fingerprint density at radius 3 is 2.77 bits per heavy atom. The molecule has 2 amide bonds. The Balaban J connectivity index is 1.43. The van der Waals surface area contributed by atoms with Crippen LogP contribution >= 0.6 is 11.3 Å². The van der Waals surface area contributed by atoms with E-state index in [1.165, 1.54) is 10.1 Å². The van der Waals surface area contributed by atoms with Crippen molar-refractivity contribution in [3.05, 3.63) is 27.9 Å². The van der Waals surface area contributed by atoms with Crippen LogP contribution < -0.4 is 16.4 Å². The summed E-state index contributed by atoms with van der Waals surface area (Å²) in [6.07, 6.45) is 2.23. The standard InChI is InChI=1S/C17H24N10O6S2/c18-17-20-11(9-34-17)13(23-30)15(28)21-14-12(27(16(14)29)35(31,32)33)8-26-7-10(22-24-26)1-4-25-5-2-19-3-6-25/h7,9,12-14,19H,1-6,8H2,(H2,18,20)(H,21,28)(H,31,32,33). The third-order valence-electron chi connectivity index (χ3n) is 5.74. The first-order chi connectivity index (χ1) is 16.7. The number of hydrogen-bond acceptors (Lipinski definition) is 13. The van der Waals surface area contributed by atoms with Gasteiger partial charge < -0.3 is 21.3 Å². The van der Waals surface area contributed by atoms with E-state index in [-0.39, 0.29) is 21.7 Å². The number of nitroso groups, excluding NO2 is 1. The van der Waals surface area contributed by atoms with Gasteiger partial charge in [0.15, 0.2) is 5.13 Å². The van der Waals surface area contributed by atoms with Gasteiger partial charge >= 0.3 is 10.3 Å². The number of anilines is 1. The Bertz CT molecular complexity index is 1190. The van der Waals surface area contributed by atoms with Crippen LogP contribution in [0.25, 0.3) is 0 Å². The summed E-state index contributed by atoms with van der Waals surface area (Å²) < 4.78 is 34.6. The number of nitrogens with zero attached hydrogens (tertiary/aromatic N) is 7. The van der Waals surface area contributed by atoms with Crippen LogP contribution in [0.4, 0.5) is 5.13 Å². The largest absolute Gasteiger partial charge is 0.375 e. The molecular formula is C17H24N10O6S2. The predicted molar refractivity (Wildman–Crippen MR) is 122 cm³/mol. The second-order valence-corrected chi connectivity index (χ2v) is 10.2. The summed E-state index contributed by atoms with van der Waals surface area (Å²) in [5.74, 6) is -2.02. The minimum Gasteiger partial charge on any atom is -0.375 e. The summed E-state index contributed by atoms with van der Waals surface area (Å²) in [5, 5.41) is 17.9. The average Bonchev–Trinajstić information content (AvgIpc) is 3.45. The Labute approximate surface area is 203 Å². The van der Waals surface area contributed by atoms with Gasteiger partial charge in [-0.15, -0.1) is 21.3 Å². The van der Waals surface area contributed by atoms with Crippen molar-refractivity contribution >= 4 is 38.6 Å². The van der Waals surface area contributed by atoms with Gasteiger partial charge in [0.25, 0.3) is 11.8 Å². The van der Waals surface area contributed by atoms with Crippen molar-refractivity contribution in [2.75, 3.05) is 38.5 Å². The van der Waals surface area contributed by atoms with Crippen molar-refractivity contribution in [2.24, 2.45) is 5.18 Å². The van der Waals surface area contributed by atoms with Gasteiger partial charge in [-0.05, 0) is 5.18 Å². The molecule has 2 aromatic rings. The molecule has 0 spiro atoms. The molecule has 2 aliphatic heterocycles. The Kier molecular flexibility index (Phi) is 7.36. The van der Waals surface area contributed by atoms with Gasteiger partial charge in [0.1, 0.15) is 6.04 Å². The number of aromatic nitrogens is 4. The molecule has 2 aliphatic rings. The van der Waals surface area contributed by atoms with Crippen molar-refractivity contribution in [2.45, 2.75) is 31.1 Å². The molecule has 2 saturated heterocycles. The minimum absolute atomic E-state index is 0.000336. The van der Waals surface area contributed by atoms with Gasteiger partial charge in [0.2, 0.25) is 6.04 Å². The van der Waals surface area contributed by atoms with Gasteiger partial charge in [0.05, 0.1) is 24.0 Å². The molecule has 35 heavy (non-hydrogen) atoms. The highest BCUT2D eigenvalue weighted by molar-refractivity contribution is 7.84. The summed E-state index contributed by atoms with van der Waals surface area (Å²) in [7, 11) is -4.90. The number of thiazole rings is 1. The minimum atomic E-state index is -4.90. The van der Waals surface area contributed by atoms with Gasteiger partial charge in [-0.3, -0.25) is 18.8 Å². The quantitative estimate of drug-likeness (QED) is 0.146. The number of piperazine rings is 1. The lowest BCUT2D eigenvalue weighted by Gasteiger charge is -2.44. The van der Waals surface area contributed by atoms with Crippen LogP contribution in [-0.4, -0.2) is 98.8 Å². The zero-order valence-electron chi connectivity index (χ0n) is 18.3. The van der Waals surface area contributed by atoms with Crippen molar-refractivity contribution in [3.63, 3.8) is 0 Å². The maximum absolute atomic E-state index is 12.6. The van der Waals surface area contributed by atoms with E-state index in [1.807, 2.05) is 0 Å². The van der Waals surface area contributed by atoms with Crippen molar-refractivity contribution in [3.8, 4) is 0 Å². The van der Waals surface area contributed by atoms with E-state index in [0.717, 1.165) is 44.1 Å². The topological polar surface area (TPSA) is 218 Å². The first kappa shape index (κ1) is 25.0. The number of nitrogens with one attached hydrogen (secondary N) is 2. The average molecular weight is 529 g/mol. The van der Waals surface area contributed by atoms with E-state index in [2.05, 4.69) is 36.0 Å². The van der Waals surface area contributed by atoms with Crippen LogP contribution in [-0.2, 0) is 32.9 Å². The number of carbonyl (C=O) groups is 2. The summed E-state index contributed by atoms with van der Waals surface area (Å²) in [6, 6.07) is -4.13. The van der Waals surface area contributed by atoms with Gasteiger partial charge in [0, 0.05) is 50.7 Å². The number of β-lactam (4-membered cyclic amide) rings is 1. The van der Waals surface area contributed by atoms with Gasteiger partial charge in [-0.2, -0.15) is 8.42 Å². The monoisotopic (exact) mass is 528 g/mol. The number of nitrogens with two attached hydrogens (primary N) is 1. The van der Waals surface area contributed by atoms with E-state index >= 15 is 0 Å². The molecule has 5 N–H and O–H groups in total. The van der Waals surface area contributed by atoms with Gasteiger partial charge in [-0.25, -0.2) is 9.29 Å². The summed E-state index contributed by atoms with van der Waals surface area (Å²) in [5.41, 5.74) is 6.19. The molecule has 4 heterocycles. The molecule has 0 bridgehead atoms. The maximum Gasteiger partial charge on any atom is 0.362 e. The first-order valence-electron chi connectivity index (χ1n) is 10.6. The maximum atomic E-state index is 12.6. The molecular weight excluding hydrogens is 504 g/mol.